The molecule has 4 rings (SSSR count). The van der Waals surface area contributed by atoms with Gasteiger partial charge < -0.3 is 19.3 Å². The number of hydrogen-bond donors (Lipinski definition) is 1. The Bertz CT molecular complexity index is 1070. The molecule has 1 aliphatic heterocycles. The van der Waals surface area contributed by atoms with Crippen LogP contribution in [0.3, 0.4) is 0 Å². The highest BCUT2D eigenvalue weighted by atomic mass is 79.9. The number of carboxylic acid groups (broad SMARTS) is 1. The molecule has 146 valence electrons. The summed E-state index contributed by atoms with van der Waals surface area (Å²) in [6.07, 6.45) is 1.76. The first-order valence-electron chi connectivity index (χ1n) is 9.19. The smallest absolute Gasteiger partial charge is 0.407 e. The molecular weight excluding hydrogens is 434 g/mol. The van der Waals surface area contributed by atoms with Gasteiger partial charge in [-0.15, -0.1) is 0 Å². The van der Waals surface area contributed by atoms with Crippen LogP contribution in [-0.4, -0.2) is 33.8 Å². The SMILES string of the molecule is N#Cc1c(Br)c([C@@H]2CCN(C(=O)O)C2)cn1-c1ccc(Oc2ccccc2)cc1. The Morgan fingerprint density at radius 2 is 1.83 bits per heavy atom. The molecule has 1 saturated heterocycles. The van der Waals surface area contributed by atoms with Crippen LogP contribution in [0, 0.1) is 11.3 Å². The van der Waals surface area contributed by atoms with Crippen LogP contribution in [0.1, 0.15) is 23.6 Å². The monoisotopic (exact) mass is 451 g/mol. The number of rotatable bonds is 4. The number of hydrogen-bond acceptors (Lipinski definition) is 3. The molecule has 0 radical (unpaired) electrons. The Morgan fingerprint density at radius 3 is 2.45 bits per heavy atom. The average Bonchev–Trinajstić information content (AvgIpc) is 3.34. The van der Waals surface area contributed by atoms with Gasteiger partial charge in [-0.1, -0.05) is 18.2 Å². The Morgan fingerprint density at radius 1 is 1.14 bits per heavy atom. The minimum absolute atomic E-state index is 0.0644. The maximum absolute atomic E-state index is 11.2. The first-order chi connectivity index (χ1) is 14.1. The lowest BCUT2D eigenvalue weighted by molar-refractivity contribution is 0.155. The number of nitriles is 1. The van der Waals surface area contributed by atoms with E-state index >= 15 is 0 Å². The summed E-state index contributed by atoms with van der Waals surface area (Å²) in [6.45, 7) is 0.942. The number of nitrogens with zero attached hydrogens (tertiary/aromatic N) is 3. The van der Waals surface area contributed by atoms with Crippen molar-refractivity contribution in [3.8, 4) is 23.3 Å². The van der Waals surface area contributed by atoms with Gasteiger partial charge in [0, 0.05) is 30.9 Å². The normalized spacial score (nSPS) is 15.9. The summed E-state index contributed by atoms with van der Waals surface area (Å²) < 4.78 is 8.38. The Labute approximate surface area is 176 Å². The summed E-state index contributed by atoms with van der Waals surface area (Å²) in [7, 11) is 0. The minimum atomic E-state index is -0.905. The molecule has 2 aromatic carbocycles. The molecule has 1 amide bonds. The second kappa shape index (κ2) is 8.02. The highest BCUT2D eigenvalue weighted by molar-refractivity contribution is 9.10. The van der Waals surface area contributed by atoms with Gasteiger partial charge in [-0.25, -0.2) is 4.79 Å². The molecule has 1 aliphatic rings. The van der Waals surface area contributed by atoms with Crippen LogP contribution < -0.4 is 4.74 Å². The Hall–Kier alpha value is -3.24. The standard InChI is InChI=1S/C22H18BrN3O3/c23-21-19(15-10-11-25(13-15)22(27)28)14-26(20(21)12-24)16-6-8-18(9-7-16)29-17-4-2-1-3-5-17/h1-9,14-15H,10-11,13H2,(H,27,28)/t15-/m1/s1. The fourth-order valence-electron chi connectivity index (χ4n) is 3.58. The van der Waals surface area contributed by atoms with Crippen molar-refractivity contribution in [3.05, 3.63) is 76.5 Å². The topological polar surface area (TPSA) is 78.5 Å². The Balaban J connectivity index is 1.60. The zero-order valence-corrected chi connectivity index (χ0v) is 17.0. The summed E-state index contributed by atoms with van der Waals surface area (Å²) in [5, 5.41) is 18.9. The molecule has 1 N–H and O–H groups in total. The number of benzene rings is 2. The molecule has 1 atom stereocenters. The van der Waals surface area contributed by atoms with Gasteiger partial charge in [0.1, 0.15) is 23.3 Å². The van der Waals surface area contributed by atoms with E-state index in [2.05, 4.69) is 22.0 Å². The largest absolute Gasteiger partial charge is 0.465 e. The number of likely N-dealkylation sites (tertiary alicyclic amines) is 1. The number of aromatic nitrogens is 1. The average molecular weight is 452 g/mol. The van der Waals surface area contributed by atoms with Crippen molar-refractivity contribution in [2.45, 2.75) is 12.3 Å². The predicted molar refractivity (Wildman–Crippen MR) is 112 cm³/mol. The van der Waals surface area contributed by atoms with Crippen LogP contribution in [0.5, 0.6) is 11.5 Å². The van der Waals surface area contributed by atoms with Crippen molar-refractivity contribution >= 4 is 22.0 Å². The van der Waals surface area contributed by atoms with E-state index in [4.69, 9.17) is 4.74 Å². The molecule has 0 spiro atoms. The van der Waals surface area contributed by atoms with Crippen molar-refractivity contribution in [1.82, 2.24) is 9.47 Å². The van der Waals surface area contributed by atoms with E-state index in [1.54, 1.807) is 0 Å². The molecule has 0 saturated carbocycles. The van der Waals surface area contributed by atoms with Gasteiger partial charge in [-0.3, -0.25) is 0 Å². The zero-order valence-electron chi connectivity index (χ0n) is 15.5. The van der Waals surface area contributed by atoms with Gasteiger partial charge in [0.05, 0.1) is 4.47 Å². The van der Waals surface area contributed by atoms with Crippen LogP contribution in [0.4, 0.5) is 4.79 Å². The number of carbonyl (C=O) groups is 1. The summed E-state index contributed by atoms with van der Waals surface area (Å²) in [5.41, 5.74) is 2.28. The molecule has 0 unspecified atom stereocenters. The quantitative estimate of drug-likeness (QED) is 0.577. The van der Waals surface area contributed by atoms with E-state index in [1.165, 1.54) is 4.90 Å². The van der Waals surface area contributed by atoms with Crippen molar-refractivity contribution in [2.24, 2.45) is 0 Å². The number of halogens is 1. The van der Waals surface area contributed by atoms with Crippen molar-refractivity contribution < 1.29 is 14.6 Å². The first kappa shape index (κ1) is 19.1. The lowest BCUT2D eigenvalue weighted by Gasteiger charge is -2.11. The fourth-order valence-corrected chi connectivity index (χ4v) is 4.29. The Kier molecular flexibility index (Phi) is 5.28. The summed E-state index contributed by atoms with van der Waals surface area (Å²) in [4.78, 5) is 12.6. The van der Waals surface area contributed by atoms with Crippen LogP contribution in [0.25, 0.3) is 5.69 Å². The lowest BCUT2D eigenvalue weighted by Crippen LogP contribution is -2.26. The highest BCUT2D eigenvalue weighted by Gasteiger charge is 2.30. The van der Waals surface area contributed by atoms with Crippen LogP contribution in [0.2, 0.25) is 0 Å². The number of para-hydroxylation sites is 1. The summed E-state index contributed by atoms with van der Waals surface area (Å²) in [5.74, 6) is 1.53. The van der Waals surface area contributed by atoms with Crippen molar-refractivity contribution in [1.29, 1.82) is 5.26 Å². The third-order valence-electron chi connectivity index (χ3n) is 5.07. The molecule has 3 aromatic rings. The van der Waals surface area contributed by atoms with Crippen LogP contribution in [0.15, 0.2) is 65.3 Å². The minimum Gasteiger partial charge on any atom is -0.465 e. The van der Waals surface area contributed by atoms with E-state index in [0.29, 0.717) is 24.5 Å². The van der Waals surface area contributed by atoms with E-state index in [0.717, 1.165) is 27.9 Å². The number of ether oxygens (including phenoxy) is 1. The van der Waals surface area contributed by atoms with Crippen molar-refractivity contribution in [2.75, 3.05) is 13.1 Å². The molecule has 29 heavy (non-hydrogen) atoms. The summed E-state index contributed by atoms with van der Waals surface area (Å²) >= 11 is 3.55. The molecule has 7 heteroatoms. The van der Waals surface area contributed by atoms with Gasteiger partial charge in [0.2, 0.25) is 0 Å². The molecule has 6 nitrogen and oxygen atoms in total. The third kappa shape index (κ3) is 3.84. The van der Waals surface area contributed by atoms with E-state index in [-0.39, 0.29) is 5.92 Å². The first-order valence-corrected chi connectivity index (χ1v) is 9.98. The van der Waals surface area contributed by atoms with E-state index in [9.17, 15) is 15.2 Å². The van der Waals surface area contributed by atoms with Gasteiger partial charge in [-0.2, -0.15) is 5.26 Å². The molecular formula is C22H18BrN3O3. The zero-order chi connectivity index (χ0) is 20.4. The molecule has 2 heterocycles. The molecule has 1 aromatic heterocycles. The van der Waals surface area contributed by atoms with Crippen LogP contribution >= 0.6 is 15.9 Å². The van der Waals surface area contributed by atoms with Gasteiger partial charge >= 0.3 is 6.09 Å². The maximum Gasteiger partial charge on any atom is 0.407 e. The second-order valence-corrected chi connectivity index (χ2v) is 7.65. The molecule has 1 fully saturated rings. The number of amides is 1. The van der Waals surface area contributed by atoms with Gasteiger partial charge in [-0.05, 0) is 64.3 Å². The highest BCUT2D eigenvalue weighted by Crippen LogP contribution is 2.37. The maximum atomic E-state index is 11.2. The lowest BCUT2D eigenvalue weighted by atomic mass is 10.0. The second-order valence-electron chi connectivity index (χ2n) is 6.85. The van der Waals surface area contributed by atoms with Gasteiger partial charge in [0.25, 0.3) is 0 Å². The third-order valence-corrected chi connectivity index (χ3v) is 5.90. The predicted octanol–water partition coefficient (Wildman–Crippen LogP) is 5.37. The summed E-state index contributed by atoms with van der Waals surface area (Å²) in [6, 6.07) is 19.3. The van der Waals surface area contributed by atoms with E-state index in [1.807, 2.05) is 65.4 Å². The fraction of sp³-hybridized carbons (Fsp3) is 0.182. The van der Waals surface area contributed by atoms with Gasteiger partial charge in [0.15, 0.2) is 0 Å². The molecule has 0 aliphatic carbocycles. The van der Waals surface area contributed by atoms with Crippen LogP contribution in [-0.2, 0) is 0 Å². The van der Waals surface area contributed by atoms with Crippen molar-refractivity contribution in [3.63, 3.8) is 0 Å². The molecule has 0 bridgehead atoms. The van der Waals surface area contributed by atoms with E-state index < -0.39 is 6.09 Å².